The Kier molecular flexibility index (Phi) is 4.34. The van der Waals surface area contributed by atoms with Crippen LogP contribution in [0.3, 0.4) is 0 Å². The molecule has 4 rings (SSSR count). The predicted molar refractivity (Wildman–Crippen MR) is 111 cm³/mol. The molecule has 0 unspecified atom stereocenters. The van der Waals surface area contributed by atoms with Crippen LogP contribution in [0.2, 0.25) is 5.02 Å². The number of hydrogen-bond donors (Lipinski definition) is 1. The lowest BCUT2D eigenvalue weighted by molar-refractivity contribution is 0.104. The Hall–Kier alpha value is -2.89. The van der Waals surface area contributed by atoms with Crippen molar-refractivity contribution in [2.45, 2.75) is 6.92 Å². The zero-order chi connectivity index (χ0) is 19.1. The lowest BCUT2D eigenvalue weighted by atomic mass is 10.0. The van der Waals surface area contributed by atoms with Gasteiger partial charge < -0.3 is 5.73 Å². The Morgan fingerprint density at radius 3 is 2.59 bits per heavy atom. The number of aryl methyl sites for hydroxylation is 1. The number of aromatic nitrogens is 1. The molecule has 2 aromatic heterocycles. The minimum Gasteiger partial charge on any atom is -0.390 e. The molecule has 0 aliphatic rings. The maximum absolute atomic E-state index is 13.1. The summed E-state index contributed by atoms with van der Waals surface area (Å²) >= 11 is 7.51. The molecule has 4 aromatic rings. The first kappa shape index (κ1) is 17.5. The van der Waals surface area contributed by atoms with Gasteiger partial charge in [-0.05, 0) is 31.2 Å². The van der Waals surface area contributed by atoms with Gasteiger partial charge >= 0.3 is 0 Å². The van der Waals surface area contributed by atoms with Crippen LogP contribution in [-0.4, -0.2) is 10.4 Å². The number of nitrogens with two attached hydrogens (primary N) is 1. The van der Waals surface area contributed by atoms with E-state index >= 15 is 0 Å². The molecule has 27 heavy (non-hydrogen) atoms. The number of carbonyl (C=O) groups excluding carboxylic acids is 1. The van der Waals surface area contributed by atoms with Crippen LogP contribution in [0, 0.1) is 6.92 Å². The van der Waals surface area contributed by atoms with Crippen molar-refractivity contribution in [2.75, 3.05) is 5.73 Å². The van der Waals surface area contributed by atoms with E-state index in [9.17, 15) is 9.59 Å². The zero-order valence-corrected chi connectivity index (χ0v) is 16.0. The van der Waals surface area contributed by atoms with E-state index in [1.165, 1.54) is 22.0 Å². The fourth-order valence-electron chi connectivity index (χ4n) is 3.13. The van der Waals surface area contributed by atoms with E-state index in [1.807, 2.05) is 31.2 Å². The molecular weight excluding hydrogens is 380 g/mol. The molecule has 2 aromatic carbocycles. The molecule has 0 bridgehead atoms. The molecular formula is C21H15ClN2O2S. The number of nitrogen functional groups attached to an aromatic ring is 1. The van der Waals surface area contributed by atoms with Crippen LogP contribution in [0.25, 0.3) is 15.9 Å². The summed E-state index contributed by atoms with van der Waals surface area (Å²) in [7, 11) is 0. The zero-order valence-electron chi connectivity index (χ0n) is 14.4. The Morgan fingerprint density at radius 1 is 1.07 bits per heavy atom. The van der Waals surface area contributed by atoms with Crippen LogP contribution in [0.1, 0.15) is 21.5 Å². The van der Waals surface area contributed by atoms with Crippen molar-refractivity contribution in [3.8, 4) is 5.69 Å². The summed E-state index contributed by atoms with van der Waals surface area (Å²) in [6.45, 7) is 1.93. The van der Waals surface area contributed by atoms with Gasteiger partial charge in [0.2, 0.25) is 0 Å². The van der Waals surface area contributed by atoms with Gasteiger partial charge in [0.05, 0.1) is 21.3 Å². The van der Waals surface area contributed by atoms with Crippen LogP contribution in [0.4, 0.5) is 5.00 Å². The highest BCUT2D eigenvalue weighted by Gasteiger charge is 2.22. The number of hydrogen-bond acceptors (Lipinski definition) is 4. The van der Waals surface area contributed by atoms with Crippen LogP contribution < -0.4 is 11.3 Å². The minimum atomic E-state index is -0.230. The first-order chi connectivity index (χ1) is 13.0. The van der Waals surface area contributed by atoms with Gasteiger partial charge in [-0.1, -0.05) is 58.8 Å². The molecule has 0 saturated heterocycles. The third-order valence-electron chi connectivity index (χ3n) is 4.37. The molecule has 2 heterocycles. The molecule has 6 heteroatoms. The Morgan fingerprint density at radius 2 is 1.85 bits per heavy atom. The first-order valence-electron chi connectivity index (χ1n) is 8.27. The van der Waals surface area contributed by atoms with Crippen molar-refractivity contribution in [1.82, 2.24) is 4.57 Å². The van der Waals surface area contributed by atoms with Crippen molar-refractivity contribution in [3.63, 3.8) is 0 Å². The second-order valence-corrected chi connectivity index (χ2v) is 7.65. The summed E-state index contributed by atoms with van der Waals surface area (Å²) < 4.78 is 1.51. The first-order valence-corrected chi connectivity index (χ1v) is 9.47. The summed E-state index contributed by atoms with van der Waals surface area (Å²) in [4.78, 5) is 26.3. The van der Waals surface area contributed by atoms with E-state index < -0.39 is 0 Å². The summed E-state index contributed by atoms with van der Waals surface area (Å²) in [5, 5.41) is 1.47. The number of carbonyl (C=O) groups is 1. The third-order valence-corrected chi connectivity index (χ3v) is 5.71. The number of pyridine rings is 1. The van der Waals surface area contributed by atoms with Crippen LogP contribution in [0.15, 0.2) is 65.5 Å². The number of fused-ring (bicyclic) bond motifs is 1. The van der Waals surface area contributed by atoms with Crippen LogP contribution in [-0.2, 0) is 0 Å². The lowest BCUT2D eigenvalue weighted by Gasteiger charge is -2.09. The summed E-state index contributed by atoms with van der Waals surface area (Å²) in [6, 6.07) is 17.5. The highest BCUT2D eigenvalue weighted by atomic mass is 35.5. The molecule has 0 aliphatic carbocycles. The number of benzene rings is 2. The fourth-order valence-corrected chi connectivity index (χ4v) is 4.42. The number of ketones is 1. The quantitative estimate of drug-likeness (QED) is 0.506. The highest BCUT2D eigenvalue weighted by Crippen LogP contribution is 2.36. The number of anilines is 1. The van der Waals surface area contributed by atoms with E-state index in [2.05, 4.69) is 0 Å². The van der Waals surface area contributed by atoms with Gasteiger partial charge in [-0.25, -0.2) is 0 Å². The van der Waals surface area contributed by atoms with Gasteiger partial charge in [-0.3, -0.25) is 14.2 Å². The summed E-state index contributed by atoms with van der Waals surface area (Å²) in [5.74, 6) is -0.160. The topological polar surface area (TPSA) is 65.1 Å². The molecule has 2 N–H and O–H groups in total. The number of nitrogens with zero attached hydrogens (tertiary/aromatic N) is 1. The van der Waals surface area contributed by atoms with Crippen molar-refractivity contribution < 1.29 is 4.79 Å². The molecule has 0 fully saturated rings. The summed E-state index contributed by atoms with van der Waals surface area (Å²) in [6.07, 6.45) is 0. The predicted octanol–water partition coefficient (Wildman–Crippen LogP) is 4.83. The maximum atomic E-state index is 13.1. The van der Waals surface area contributed by atoms with E-state index in [-0.39, 0.29) is 11.3 Å². The Bertz CT molecular complexity index is 1260. The highest BCUT2D eigenvalue weighted by molar-refractivity contribution is 7.22. The fraction of sp³-hybridized carbons (Fsp3) is 0.0476. The van der Waals surface area contributed by atoms with Crippen molar-refractivity contribution >= 4 is 43.9 Å². The van der Waals surface area contributed by atoms with Crippen molar-refractivity contribution in [3.05, 3.63) is 92.7 Å². The molecule has 0 atom stereocenters. The number of rotatable bonds is 3. The number of halogens is 1. The average Bonchev–Trinajstić information content (AvgIpc) is 2.98. The lowest BCUT2D eigenvalue weighted by Crippen LogP contribution is -2.17. The largest absolute Gasteiger partial charge is 0.390 e. The Labute approximate surface area is 164 Å². The Balaban J connectivity index is 1.99. The second-order valence-electron chi connectivity index (χ2n) is 6.22. The third kappa shape index (κ3) is 2.95. The van der Waals surface area contributed by atoms with E-state index in [1.54, 1.807) is 30.3 Å². The van der Waals surface area contributed by atoms with Gasteiger partial charge in [0.15, 0.2) is 5.78 Å². The monoisotopic (exact) mass is 394 g/mol. The van der Waals surface area contributed by atoms with E-state index in [0.717, 1.165) is 5.56 Å². The van der Waals surface area contributed by atoms with E-state index in [0.29, 0.717) is 37.1 Å². The average molecular weight is 395 g/mol. The SMILES string of the molecule is Cc1cccc(C(=O)c2c(N)sc3c2ccc(=O)n3-c2ccccc2Cl)c1. The van der Waals surface area contributed by atoms with E-state index in [4.69, 9.17) is 17.3 Å². The van der Waals surface area contributed by atoms with Crippen LogP contribution in [0.5, 0.6) is 0 Å². The van der Waals surface area contributed by atoms with Gasteiger partial charge in [0, 0.05) is 17.0 Å². The van der Waals surface area contributed by atoms with Gasteiger partial charge in [0.25, 0.3) is 5.56 Å². The smallest absolute Gasteiger partial charge is 0.256 e. The van der Waals surface area contributed by atoms with Gasteiger partial charge in [-0.2, -0.15) is 0 Å². The van der Waals surface area contributed by atoms with Crippen molar-refractivity contribution in [2.24, 2.45) is 0 Å². The van der Waals surface area contributed by atoms with Gasteiger partial charge in [-0.15, -0.1) is 0 Å². The molecule has 0 radical (unpaired) electrons. The van der Waals surface area contributed by atoms with Crippen molar-refractivity contribution in [1.29, 1.82) is 0 Å². The number of thiophene rings is 1. The summed E-state index contributed by atoms with van der Waals surface area (Å²) in [5.41, 5.74) is 8.52. The molecule has 0 amide bonds. The van der Waals surface area contributed by atoms with Gasteiger partial charge in [0.1, 0.15) is 4.83 Å². The molecule has 0 saturated carbocycles. The maximum Gasteiger partial charge on any atom is 0.256 e. The molecule has 134 valence electrons. The second kappa shape index (κ2) is 6.68. The minimum absolute atomic E-state index is 0.160. The van der Waals surface area contributed by atoms with Crippen LogP contribution >= 0.6 is 22.9 Å². The molecule has 0 aliphatic heterocycles. The standard InChI is InChI=1S/C21H15ClN2O2S/c1-12-5-4-6-13(11-12)19(26)18-14-9-10-17(25)24(21(14)27-20(18)23)16-8-3-2-7-15(16)22/h2-11H,23H2,1H3. The molecule has 4 nitrogen and oxygen atoms in total. The molecule has 0 spiro atoms. The normalized spacial score (nSPS) is 11.0. The number of para-hydroxylation sites is 1.